The van der Waals surface area contributed by atoms with Crippen molar-refractivity contribution in [2.45, 2.75) is 45.6 Å². The first-order valence-electron chi connectivity index (χ1n) is 9.41. The van der Waals surface area contributed by atoms with Crippen molar-refractivity contribution in [2.24, 2.45) is 0 Å². The first-order valence-corrected chi connectivity index (χ1v) is 10.2. The van der Waals surface area contributed by atoms with Crippen LogP contribution in [0.25, 0.3) is 0 Å². The van der Waals surface area contributed by atoms with E-state index in [-0.39, 0.29) is 17.8 Å². The number of thiazole rings is 1. The van der Waals surface area contributed by atoms with Crippen LogP contribution in [0.1, 0.15) is 51.7 Å². The summed E-state index contributed by atoms with van der Waals surface area (Å²) in [5, 5.41) is 0.983. The van der Waals surface area contributed by atoms with Gasteiger partial charge in [0.15, 0.2) is 0 Å². The average Bonchev–Trinajstić information content (AvgIpc) is 3.37. The lowest BCUT2D eigenvalue weighted by Crippen LogP contribution is -2.32. The predicted molar refractivity (Wildman–Crippen MR) is 105 cm³/mol. The van der Waals surface area contributed by atoms with Crippen molar-refractivity contribution in [3.63, 3.8) is 0 Å². The molecule has 4 rings (SSSR count). The molecule has 0 bridgehead atoms. The van der Waals surface area contributed by atoms with Crippen molar-refractivity contribution in [3.05, 3.63) is 69.1 Å². The summed E-state index contributed by atoms with van der Waals surface area (Å²) in [5.74, 6) is 1.14. The minimum absolute atomic E-state index is 0.0903. The molecule has 0 radical (unpaired) electrons. The fraction of sp³-hybridized carbons (Fsp3) is 0.381. The van der Waals surface area contributed by atoms with Crippen molar-refractivity contribution in [1.82, 2.24) is 14.9 Å². The molecule has 0 aliphatic carbocycles. The van der Waals surface area contributed by atoms with Crippen LogP contribution in [0.5, 0.6) is 0 Å². The lowest BCUT2D eigenvalue weighted by atomic mass is 10.1. The highest BCUT2D eigenvalue weighted by atomic mass is 32.1. The van der Waals surface area contributed by atoms with E-state index >= 15 is 0 Å². The summed E-state index contributed by atoms with van der Waals surface area (Å²) in [5.41, 5.74) is 1.89. The molecular weight excluding hydrogens is 377 g/mol. The van der Waals surface area contributed by atoms with E-state index in [0.717, 1.165) is 46.3 Å². The monoisotopic (exact) mass is 399 g/mol. The van der Waals surface area contributed by atoms with Crippen molar-refractivity contribution in [3.8, 4) is 0 Å². The third-order valence-corrected chi connectivity index (χ3v) is 6.11. The summed E-state index contributed by atoms with van der Waals surface area (Å²) in [7, 11) is 0. The van der Waals surface area contributed by atoms with Gasteiger partial charge in [0.05, 0.1) is 23.3 Å². The van der Waals surface area contributed by atoms with Crippen LogP contribution in [0.2, 0.25) is 0 Å². The zero-order valence-corrected chi connectivity index (χ0v) is 16.8. The number of halogens is 1. The van der Waals surface area contributed by atoms with Crippen LogP contribution < -0.4 is 0 Å². The Hall–Kier alpha value is -2.54. The number of hydrogen-bond acceptors (Lipinski definition) is 5. The van der Waals surface area contributed by atoms with E-state index in [4.69, 9.17) is 4.42 Å². The summed E-state index contributed by atoms with van der Waals surface area (Å²) in [6, 6.07) is 6.23. The number of nitrogens with zero attached hydrogens (tertiary/aromatic N) is 3. The van der Waals surface area contributed by atoms with Crippen LogP contribution in [-0.4, -0.2) is 27.3 Å². The van der Waals surface area contributed by atoms with E-state index in [1.165, 1.54) is 12.1 Å². The zero-order valence-electron chi connectivity index (χ0n) is 15.9. The molecular formula is C21H22FN3O2S. The molecule has 1 atom stereocenters. The minimum atomic E-state index is -0.256. The molecule has 1 amide bonds. The molecule has 5 nitrogen and oxygen atoms in total. The number of amides is 1. The van der Waals surface area contributed by atoms with Gasteiger partial charge >= 0.3 is 0 Å². The molecule has 3 heterocycles. The molecule has 3 aromatic rings. The predicted octanol–water partition coefficient (Wildman–Crippen LogP) is 4.38. The number of carbonyl (C=O) groups excluding carboxylic acids is 1. The van der Waals surface area contributed by atoms with E-state index in [1.807, 2.05) is 18.7 Å². The molecule has 0 N–H and O–H groups in total. The van der Waals surface area contributed by atoms with Gasteiger partial charge in [0.2, 0.25) is 11.8 Å². The third kappa shape index (κ3) is 3.99. The third-order valence-electron chi connectivity index (χ3n) is 5.03. The Morgan fingerprint density at radius 3 is 2.82 bits per heavy atom. The summed E-state index contributed by atoms with van der Waals surface area (Å²) < 4.78 is 19.0. The van der Waals surface area contributed by atoms with Gasteiger partial charge in [0.1, 0.15) is 17.6 Å². The van der Waals surface area contributed by atoms with Gasteiger partial charge in [-0.2, -0.15) is 0 Å². The highest BCUT2D eigenvalue weighted by molar-refractivity contribution is 7.11. The molecule has 0 spiro atoms. The van der Waals surface area contributed by atoms with Gasteiger partial charge in [0, 0.05) is 17.8 Å². The molecule has 2 aromatic heterocycles. The fourth-order valence-corrected chi connectivity index (χ4v) is 4.59. The summed E-state index contributed by atoms with van der Waals surface area (Å²) in [6.07, 6.45) is 4.41. The molecule has 1 aliphatic heterocycles. The van der Waals surface area contributed by atoms with E-state index in [1.54, 1.807) is 29.7 Å². The summed E-state index contributed by atoms with van der Waals surface area (Å²) in [4.78, 5) is 24.6. The fourth-order valence-electron chi connectivity index (χ4n) is 3.66. The van der Waals surface area contributed by atoms with Gasteiger partial charge in [-0.15, -0.1) is 11.3 Å². The number of oxazole rings is 1. The maximum atomic E-state index is 13.1. The summed E-state index contributed by atoms with van der Waals surface area (Å²) >= 11 is 1.58. The molecule has 1 fully saturated rings. The SMILES string of the molecule is Cc1nc(C)c(CC(=O)N2CCCC2c2ncc(Cc3ccc(F)cc3)o2)s1. The Morgan fingerprint density at radius 2 is 2.11 bits per heavy atom. The molecule has 1 aromatic carbocycles. The van der Waals surface area contributed by atoms with Crippen LogP contribution in [0.4, 0.5) is 4.39 Å². The normalized spacial score (nSPS) is 16.7. The standard InChI is InChI=1S/C21H22FN3O2S/c1-13-19(28-14(2)24-13)11-20(26)25-9-3-4-18(25)21-23-12-17(27-21)10-15-5-7-16(22)8-6-15/h5-8,12,18H,3-4,9-11H2,1-2H3. The summed E-state index contributed by atoms with van der Waals surface area (Å²) in [6.45, 7) is 4.62. The Bertz CT molecular complexity index is 980. The van der Waals surface area contributed by atoms with E-state index in [0.29, 0.717) is 18.7 Å². The van der Waals surface area contributed by atoms with Gasteiger partial charge in [-0.3, -0.25) is 4.79 Å². The van der Waals surface area contributed by atoms with Crippen LogP contribution in [0.15, 0.2) is 34.9 Å². The van der Waals surface area contributed by atoms with E-state index < -0.39 is 0 Å². The highest BCUT2D eigenvalue weighted by Crippen LogP contribution is 2.33. The molecule has 146 valence electrons. The second-order valence-corrected chi connectivity index (χ2v) is 8.42. The number of likely N-dealkylation sites (tertiary alicyclic amines) is 1. The number of aromatic nitrogens is 2. The molecule has 1 aliphatic rings. The minimum Gasteiger partial charge on any atom is -0.443 e. The lowest BCUT2D eigenvalue weighted by molar-refractivity contribution is -0.131. The first-order chi connectivity index (χ1) is 13.5. The average molecular weight is 399 g/mol. The van der Waals surface area contributed by atoms with Gasteiger partial charge < -0.3 is 9.32 Å². The van der Waals surface area contributed by atoms with Crippen molar-refractivity contribution in [1.29, 1.82) is 0 Å². The number of aryl methyl sites for hydroxylation is 2. The van der Waals surface area contributed by atoms with Crippen molar-refractivity contribution >= 4 is 17.2 Å². The van der Waals surface area contributed by atoms with Crippen LogP contribution in [0, 0.1) is 19.7 Å². The Balaban J connectivity index is 1.46. The van der Waals surface area contributed by atoms with Crippen LogP contribution >= 0.6 is 11.3 Å². The van der Waals surface area contributed by atoms with Crippen molar-refractivity contribution in [2.75, 3.05) is 6.54 Å². The van der Waals surface area contributed by atoms with E-state index in [9.17, 15) is 9.18 Å². The Kier molecular flexibility index (Phi) is 5.26. The topological polar surface area (TPSA) is 59.2 Å². The van der Waals surface area contributed by atoms with Gasteiger partial charge in [0.25, 0.3) is 0 Å². The number of benzene rings is 1. The first kappa shape index (κ1) is 18.8. The molecule has 0 saturated carbocycles. The maximum Gasteiger partial charge on any atom is 0.228 e. The second-order valence-electron chi connectivity index (χ2n) is 7.13. The van der Waals surface area contributed by atoms with E-state index in [2.05, 4.69) is 9.97 Å². The molecule has 1 unspecified atom stereocenters. The van der Waals surface area contributed by atoms with Crippen LogP contribution in [0.3, 0.4) is 0 Å². The molecule has 1 saturated heterocycles. The van der Waals surface area contributed by atoms with Crippen molar-refractivity contribution < 1.29 is 13.6 Å². The largest absolute Gasteiger partial charge is 0.443 e. The zero-order chi connectivity index (χ0) is 19.7. The van der Waals surface area contributed by atoms with Gasteiger partial charge in [-0.25, -0.2) is 14.4 Å². The maximum absolute atomic E-state index is 13.1. The number of carbonyl (C=O) groups is 1. The number of rotatable bonds is 5. The quantitative estimate of drug-likeness (QED) is 0.639. The molecule has 7 heteroatoms. The van der Waals surface area contributed by atoms with Crippen LogP contribution in [-0.2, 0) is 17.6 Å². The second kappa shape index (κ2) is 7.83. The Morgan fingerprint density at radius 1 is 1.32 bits per heavy atom. The smallest absolute Gasteiger partial charge is 0.228 e. The Labute approximate surface area is 167 Å². The van der Waals surface area contributed by atoms with Gasteiger partial charge in [-0.1, -0.05) is 12.1 Å². The number of hydrogen-bond donors (Lipinski definition) is 0. The highest BCUT2D eigenvalue weighted by Gasteiger charge is 2.33. The lowest BCUT2D eigenvalue weighted by Gasteiger charge is -2.22. The molecule has 28 heavy (non-hydrogen) atoms. The van der Waals surface area contributed by atoms with Gasteiger partial charge in [-0.05, 0) is 44.4 Å².